The second-order valence-corrected chi connectivity index (χ2v) is 4.82. The Balaban J connectivity index is 2.40. The van der Waals surface area contributed by atoms with Gasteiger partial charge < -0.3 is 15.0 Å². The van der Waals surface area contributed by atoms with Gasteiger partial charge in [0, 0.05) is 25.3 Å². The number of ether oxygens (including phenoxy) is 1. The minimum absolute atomic E-state index is 0.331. The van der Waals surface area contributed by atoms with E-state index < -0.39 is 0 Å². The van der Waals surface area contributed by atoms with E-state index in [0.29, 0.717) is 18.2 Å². The van der Waals surface area contributed by atoms with Crippen molar-refractivity contribution in [1.29, 1.82) is 0 Å². The lowest BCUT2D eigenvalue weighted by Crippen LogP contribution is -2.32. The molecule has 0 aromatic carbocycles. The maximum Gasteiger partial charge on any atom is 0.339 e. The first-order valence-corrected chi connectivity index (χ1v) is 7.15. The van der Waals surface area contributed by atoms with E-state index >= 15 is 0 Å². The highest BCUT2D eigenvalue weighted by Gasteiger charge is 2.07. The summed E-state index contributed by atoms with van der Waals surface area (Å²) in [5.41, 5.74) is 0.481. The van der Waals surface area contributed by atoms with Crippen LogP contribution in [-0.2, 0) is 4.74 Å². The first-order valence-electron chi connectivity index (χ1n) is 7.15. The molecule has 1 aromatic rings. The average molecular weight is 279 g/mol. The van der Waals surface area contributed by atoms with Crippen LogP contribution in [0.15, 0.2) is 18.3 Å². The Bertz CT molecular complexity index is 406. The molecule has 0 bridgehead atoms. The van der Waals surface area contributed by atoms with Gasteiger partial charge in [0.15, 0.2) is 0 Å². The van der Waals surface area contributed by atoms with Gasteiger partial charge >= 0.3 is 5.97 Å². The molecule has 1 rings (SSSR count). The van der Waals surface area contributed by atoms with Gasteiger partial charge in [0.2, 0.25) is 0 Å². The van der Waals surface area contributed by atoms with E-state index in [0.717, 1.165) is 25.3 Å². The van der Waals surface area contributed by atoms with Crippen molar-refractivity contribution in [2.24, 2.45) is 0 Å². The molecule has 0 radical (unpaired) electrons. The lowest BCUT2D eigenvalue weighted by atomic mass is 10.2. The third-order valence-electron chi connectivity index (χ3n) is 3.39. The fraction of sp³-hybridized carbons (Fsp3) is 0.600. The molecule has 0 saturated carbocycles. The molecule has 112 valence electrons. The number of pyridine rings is 1. The summed E-state index contributed by atoms with van der Waals surface area (Å²) in [5, 5.41) is 3.25. The molecule has 1 N–H and O–H groups in total. The number of anilines is 1. The molecule has 0 saturated heterocycles. The van der Waals surface area contributed by atoms with Crippen molar-refractivity contribution < 1.29 is 9.53 Å². The van der Waals surface area contributed by atoms with E-state index in [4.69, 9.17) is 4.74 Å². The van der Waals surface area contributed by atoms with Crippen LogP contribution < -0.4 is 5.32 Å². The monoisotopic (exact) mass is 279 g/mol. The third kappa shape index (κ3) is 5.17. The van der Waals surface area contributed by atoms with Crippen LogP contribution >= 0.6 is 0 Å². The number of carbonyl (C=O) groups is 1. The smallest absolute Gasteiger partial charge is 0.339 e. The van der Waals surface area contributed by atoms with Crippen molar-refractivity contribution in [3.63, 3.8) is 0 Å². The number of esters is 1. The molecule has 5 nitrogen and oxygen atoms in total. The van der Waals surface area contributed by atoms with E-state index in [9.17, 15) is 4.79 Å². The SMILES string of the molecule is CCOC(=O)c1ccc(NCCN(C)C(C)CC)nc1. The second kappa shape index (κ2) is 8.53. The maximum atomic E-state index is 11.5. The van der Waals surface area contributed by atoms with E-state index in [-0.39, 0.29) is 5.97 Å². The predicted molar refractivity (Wildman–Crippen MR) is 81.1 cm³/mol. The summed E-state index contributed by atoms with van der Waals surface area (Å²) >= 11 is 0. The number of nitrogens with zero attached hydrogens (tertiary/aromatic N) is 2. The number of likely N-dealkylation sites (N-methyl/N-ethyl adjacent to an activating group) is 1. The molecule has 1 heterocycles. The summed E-state index contributed by atoms with van der Waals surface area (Å²) in [6, 6.07) is 4.11. The van der Waals surface area contributed by atoms with Crippen LogP contribution in [0.1, 0.15) is 37.6 Å². The molecular formula is C15H25N3O2. The number of carbonyl (C=O) groups excluding carboxylic acids is 1. The van der Waals surface area contributed by atoms with Crippen molar-refractivity contribution in [3.05, 3.63) is 23.9 Å². The second-order valence-electron chi connectivity index (χ2n) is 4.82. The summed E-state index contributed by atoms with van der Waals surface area (Å²) in [4.78, 5) is 18.0. The number of hydrogen-bond donors (Lipinski definition) is 1. The van der Waals surface area contributed by atoms with E-state index in [1.165, 1.54) is 0 Å². The Morgan fingerprint density at radius 2 is 2.20 bits per heavy atom. The Kier molecular flexibility index (Phi) is 7.01. The van der Waals surface area contributed by atoms with Crippen molar-refractivity contribution in [3.8, 4) is 0 Å². The summed E-state index contributed by atoms with van der Waals surface area (Å²) in [6.45, 7) is 8.34. The Morgan fingerprint density at radius 1 is 1.45 bits per heavy atom. The van der Waals surface area contributed by atoms with Gasteiger partial charge in [0.25, 0.3) is 0 Å². The molecule has 5 heteroatoms. The molecule has 0 spiro atoms. The lowest BCUT2D eigenvalue weighted by Gasteiger charge is -2.23. The summed E-state index contributed by atoms with van der Waals surface area (Å²) in [6.07, 6.45) is 2.68. The summed E-state index contributed by atoms with van der Waals surface area (Å²) in [5.74, 6) is 0.443. The zero-order valence-electron chi connectivity index (χ0n) is 12.8. The average Bonchev–Trinajstić information content (AvgIpc) is 2.47. The number of hydrogen-bond acceptors (Lipinski definition) is 5. The topological polar surface area (TPSA) is 54.5 Å². The van der Waals surface area contributed by atoms with Gasteiger partial charge in [-0.1, -0.05) is 6.92 Å². The van der Waals surface area contributed by atoms with E-state index in [1.807, 2.05) is 0 Å². The van der Waals surface area contributed by atoms with Gasteiger partial charge in [0.1, 0.15) is 5.82 Å². The van der Waals surface area contributed by atoms with Crippen LogP contribution in [0, 0.1) is 0 Å². The van der Waals surface area contributed by atoms with Gasteiger partial charge in [-0.2, -0.15) is 0 Å². The van der Waals surface area contributed by atoms with Gasteiger partial charge in [-0.3, -0.25) is 0 Å². The molecule has 0 fully saturated rings. The van der Waals surface area contributed by atoms with Crippen LogP contribution in [0.4, 0.5) is 5.82 Å². The van der Waals surface area contributed by atoms with Crippen molar-refractivity contribution in [2.45, 2.75) is 33.2 Å². The van der Waals surface area contributed by atoms with E-state index in [1.54, 1.807) is 25.3 Å². The first-order chi connectivity index (χ1) is 9.58. The minimum atomic E-state index is -0.331. The molecule has 0 aliphatic carbocycles. The molecule has 0 amide bonds. The van der Waals surface area contributed by atoms with Crippen LogP contribution in [0.2, 0.25) is 0 Å². The van der Waals surface area contributed by atoms with Gasteiger partial charge in [0.05, 0.1) is 12.2 Å². The zero-order chi connectivity index (χ0) is 15.0. The first kappa shape index (κ1) is 16.4. The highest BCUT2D eigenvalue weighted by Crippen LogP contribution is 2.06. The van der Waals surface area contributed by atoms with Gasteiger partial charge in [-0.15, -0.1) is 0 Å². The normalized spacial score (nSPS) is 12.2. The molecule has 0 aliphatic heterocycles. The van der Waals surface area contributed by atoms with Crippen molar-refractivity contribution in [2.75, 3.05) is 32.1 Å². The fourth-order valence-electron chi connectivity index (χ4n) is 1.73. The fourth-order valence-corrected chi connectivity index (χ4v) is 1.73. The Morgan fingerprint density at radius 3 is 2.75 bits per heavy atom. The standard InChI is InChI=1S/C15H25N3O2/c1-5-12(3)18(4)10-9-16-14-8-7-13(11-17-14)15(19)20-6-2/h7-8,11-12H,5-6,9-10H2,1-4H3,(H,16,17). The van der Waals surface area contributed by atoms with Gasteiger partial charge in [-0.25, -0.2) is 9.78 Å². The Labute approximate surface area is 121 Å². The lowest BCUT2D eigenvalue weighted by molar-refractivity contribution is 0.0526. The molecular weight excluding hydrogens is 254 g/mol. The highest BCUT2D eigenvalue weighted by atomic mass is 16.5. The number of nitrogens with one attached hydrogen (secondary N) is 1. The maximum absolute atomic E-state index is 11.5. The number of aromatic nitrogens is 1. The van der Waals surface area contributed by atoms with Crippen LogP contribution in [0.25, 0.3) is 0 Å². The zero-order valence-corrected chi connectivity index (χ0v) is 12.8. The quantitative estimate of drug-likeness (QED) is 0.741. The minimum Gasteiger partial charge on any atom is -0.462 e. The molecule has 1 atom stereocenters. The Hall–Kier alpha value is -1.62. The van der Waals surface area contributed by atoms with Crippen LogP contribution in [0.3, 0.4) is 0 Å². The third-order valence-corrected chi connectivity index (χ3v) is 3.39. The molecule has 1 aromatic heterocycles. The van der Waals surface area contributed by atoms with Crippen molar-refractivity contribution in [1.82, 2.24) is 9.88 Å². The molecule has 0 aliphatic rings. The summed E-state index contributed by atoms with van der Waals surface area (Å²) < 4.78 is 4.91. The van der Waals surface area contributed by atoms with Crippen molar-refractivity contribution >= 4 is 11.8 Å². The van der Waals surface area contributed by atoms with Gasteiger partial charge in [-0.05, 0) is 39.4 Å². The largest absolute Gasteiger partial charge is 0.462 e. The molecule has 1 unspecified atom stereocenters. The number of rotatable bonds is 8. The summed E-state index contributed by atoms with van der Waals surface area (Å²) in [7, 11) is 2.12. The van der Waals surface area contributed by atoms with E-state index in [2.05, 4.69) is 36.1 Å². The van der Waals surface area contributed by atoms with Crippen LogP contribution in [0.5, 0.6) is 0 Å². The predicted octanol–water partition coefficient (Wildman–Crippen LogP) is 2.40. The highest BCUT2D eigenvalue weighted by molar-refractivity contribution is 5.89. The molecule has 20 heavy (non-hydrogen) atoms. The van der Waals surface area contributed by atoms with Crippen LogP contribution in [-0.4, -0.2) is 48.6 Å².